The molecular weight excluding hydrogens is 313 g/mol. The minimum absolute atomic E-state index is 0.210. The number of benzene rings is 1. The number of esters is 1. The molecule has 1 aliphatic rings. The molecule has 1 aliphatic heterocycles. The monoisotopic (exact) mass is 337 g/mol. The topological polar surface area (TPSA) is 66.8 Å². The Bertz CT molecular complexity index is 616. The van der Waals surface area contributed by atoms with Crippen LogP contribution in [-0.4, -0.2) is 40.8 Å². The summed E-state index contributed by atoms with van der Waals surface area (Å²) >= 11 is 0. The fourth-order valence-corrected chi connectivity index (χ4v) is 2.97. The molecule has 0 unspecified atom stereocenters. The van der Waals surface area contributed by atoms with Crippen LogP contribution in [-0.2, 0) is 16.0 Å². The van der Waals surface area contributed by atoms with Crippen LogP contribution in [0.1, 0.15) is 39.2 Å². The number of hydrogen-bond acceptors (Lipinski definition) is 3. The van der Waals surface area contributed by atoms with Gasteiger partial charge in [0.1, 0.15) is 11.4 Å². The Balaban J connectivity index is 2.27. The second kappa shape index (κ2) is 6.79. The highest BCUT2D eigenvalue weighted by atomic mass is 19.1. The summed E-state index contributed by atoms with van der Waals surface area (Å²) in [6, 6.07) is 6.36. The molecule has 2 rings (SSSR count). The van der Waals surface area contributed by atoms with E-state index in [1.54, 1.807) is 39.0 Å². The number of hydrogen-bond donors (Lipinski definition) is 1. The number of amides is 1. The lowest BCUT2D eigenvalue weighted by molar-refractivity contribution is -0.170. The summed E-state index contributed by atoms with van der Waals surface area (Å²) in [5.74, 6) is -0.746. The molecule has 1 amide bonds. The Kier molecular flexibility index (Phi) is 5.16. The van der Waals surface area contributed by atoms with Crippen molar-refractivity contribution in [1.82, 2.24) is 4.90 Å². The number of halogens is 1. The van der Waals surface area contributed by atoms with Gasteiger partial charge in [-0.3, -0.25) is 4.79 Å². The minimum atomic E-state index is -1.00. The molecule has 1 saturated heterocycles. The van der Waals surface area contributed by atoms with Gasteiger partial charge in [0.15, 0.2) is 0 Å². The standard InChI is InChI=1S/C18H24FNO4/c1-17(2,3)24-15(21)18(8-10-20(11-9-18)16(22)23)12-13-6-4-5-7-14(13)19/h4-7H,8-12H2,1-3H3,(H,22,23). The maximum Gasteiger partial charge on any atom is 0.407 e. The second-order valence-electron chi connectivity index (χ2n) is 7.32. The van der Waals surface area contributed by atoms with Gasteiger partial charge in [-0.25, -0.2) is 9.18 Å². The van der Waals surface area contributed by atoms with Crippen molar-refractivity contribution >= 4 is 12.1 Å². The summed E-state index contributed by atoms with van der Waals surface area (Å²) in [5, 5.41) is 9.12. The van der Waals surface area contributed by atoms with Crippen molar-refractivity contribution in [2.24, 2.45) is 5.41 Å². The van der Waals surface area contributed by atoms with E-state index in [0.717, 1.165) is 0 Å². The van der Waals surface area contributed by atoms with Crippen LogP contribution < -0.4 is 0 Å². The first-order valence-electron chi connectivity index (χ1n) is 8.08. The van der Waals surface area contributed by atoms with Crippen LogP contribution in [0.3, 0.4) is 0 Å². The van der Waals surface area contributed by atoms with E-state index in [4.69, 9.17) is 9.84 Å². The average Bonchev–Trinajstić information content (AvgIpc) is 2.48. The van der Waals surface area contributed by atoms with Crippen molar-refractivity contribution < 1.29 is 23.8 Å². The predicted molar refractivity (Wildman–Crippen MR) is 87.2 cm³/mol. The Morgan fingerprint density at radius 1 is 1.25 bits per heavy atom. The molecule has 0 spiro atoms. The molecule has 1 aromatic rings. The van der Waals surface area contributed by atoms with E-state index < -0.39 is 17.1 Å². The summed E-state index contributed by atoms with van der Waals surface area (Å²) in [5.41, 5.74) is -1.10. The Morgan fingerprint density at radius 2 is 1.83 bits per heavy atom. The molecule has 1 aromatic carbocycles. The molecule has 1 N–H and O–H groups in total. The average molecular weight is 337 g/mol. The van der Waals surface area contributed by atoms with Crippen molar-refractivity contribution in [2.45, 2.75) is 45.6 Å². The van der Waals surface area contributed by atoms with Gasteiger partial charge in [0.2, 0.25) is 0 Å². The maximum atomic E-state index is 14.1. The number of likely N-dealkylation sites (tertiary alicyclic amines) is 1. The quantitative estimate of drug-likeness (QED) is 0.858. The molecule has 0 radical (unpaired) electrons. The third-order valence-electron chi connectivity index (χ3n) is 4.31. The molecule has 0 aromatic heterocycles. The van der Waals surface area contributed by atoms with E-state index in [2.05, 4.69) is 0 Å². The molecule has 5 nitrogen and oxygen atoms in total. The summed E-state index contributed by atoms with van der Waals surface area (Å²) in [6.45, 7) is 5.84. The van der Waals surface area contributed by atoms with Crippen molar-refractivity contribution in [3.05, 3.63) is 35.6 Å². The molecule has 1 heterocycles. The summed E-state index contributed by atoms with van der Waals surface area (Å²) in [6.07, 6.45) is -0.147. The number of rotatable bonds is 3. The molecule has 1 fully saturated rings. The lowest BCUT2D eigenvalue weighted by Gasteiger charge is -2.40. The highest BCUT2D eigenvalue weighted by molar-refractivity contribution is 5.78. The van der Waals surface area contributed by atoms with E-state index in [-0.39, 0.29) is 31.3 Å². The van der Waals surface area contributed by atoms with Crippen LogP contribution >= 0.6 is 0 Å². The van der Waals surface area contributed by atoms with E-state index >= 15 is 0 Å². The van der Waals surface area contributed by atoms with Crippen LogP contribution in [0.25, 0.3) is 0 Å². The number of piperidine rings is 1. The van der Waals surface area contributed by atoms with Gasteiger partial charge in [-0.15, -0.1) is 0 Å². The van der Waals surface area contributed by atoms with Gasteiger partial charge in [-0.1, -0.05) is 18.2 Å². The number of ether oxygens (including phenoxy) is 1. The lowest BCUT2D eigenvalue weighted by atomic mass is 9.73. The van der Waals surface area contributed by atoms with E-state index in [9.17, 15) is 14.0 Å². The van der Waals surface area contributed by atoms with Gasteiger partial charge < -0.3 is 14.7 Å². The molecule has 132 valence electrons. The first-order valence-corrected chi connectivity index (χ1v) is 8.08. The highest BCUT2D eigenvalue weighted by Crippen LogP contribution is 2.38. The Hall–Kier alpha value is -2.11. The first-order chi connectivity index (χ1) is 11.1. The highest BCUT2D eigenvalue weighted by Gasteiger charge is 2.45. The zero-order valence-corrected chi connectivity index (χ0v) is 14.3. The normalized spacial score (nSPS) is 17.4. The molecule has 24 heavy (non-hydrogen) atoms. The van der Waals surface area contributed by atoms with Gasteiger partial charge in [-0.2, -0.15) is 0 Å². The van der Waals surface area contributed by atoms with Gasteiger partial charge in [0.05, 0.1) is 5.41 Å². The zero-order chi connectivity index (χ0) is 18.0. The van der Waals surface area contributed by atoms with Gasteiger partial charge >= 0.3 is 12.1 Å². The molecule has 0 saturated carbocycles. The molecule has 6 heteroatoms. The number of carbonyl (C=O) groups is 2. The molecule has 0 bridgehead atoms. The van der Waals surface area contributed by atoms with Crippen molar-refractivity contribution in [1.29, 1.82) is 0 Å². The summed E-state index contributed by atoms with van der Waals surface area (Å²) in [7, 11) is 0. The lowest BCUT2D eigenvalue weighted by Crippen LogP contribution is -2.49. The maximum absolute atomic E-state index is 14.1. The van der Waals surface area contributed by atoms with E-state index in [0.29, 0.717) is 18.4 Å². The third-order valence-corrected chi connectivity index (χ3v) is 4.31. The smallest absolute Gasteiger partial charge is 0.407 e. The first kappa shape index (κ1) is 18.2. The Labute approximate surface area is 141 Å². The minimum Gasteiger partial charge on any atom is -0.465 e. The summed E-state index contributed by atoms with van der Waals surface area (Å²) in [4.78, 5) is 25.2. The second-order valence-corrected chi connectivity index (χ2v) is 7.32. The largest absolute Gasteiger partial charge is 0.465 e. The van der Waals surface area contributed by atoms with Crippen LogP contribution in [0, 0.1) is 11.2 Å². The molecule has 0 aliphatic carbocycles. The van der Waals surface area contributed by atoms with Crippen LogP contribution in [0.2, 0.25) is 0 Å². The van der Waals surface area contributed by atoms with Crippen molar-refractivity contribution in [3.63, 3.8) is 0 Å². The van der Waals surface area contributed by atoms with Gasteiger partial charge in [0.25, 0.3) is 0 Å². The van der Waals surface area contributed by atoms with Crippen molar-refractivity contribution in [2.75, 3.05) is 13.1 Å². The molecule has 0 atom stereocenters. The van der Waals surface area contributed by atoms with Crippen LogP contribution in [0.5, 0.6) is 0 Å². The van der Waals surface area contributed by atoms with Gasteiger partial charge in [0, 0.05) is 13.1 Å². The van der Waals surface area contributed by atoms with Crippen LogP contribution in [0.15, 0.2) is 24.3 Å². The van der Waals surface area contributed by atoms with Crippen LogP contribution in [0.4, 0.5) is 9.18 Å². The molecular formula is C18H24FNO4. The van der Waals surface area contributed by atoms with E-state index in [1.807, 2.05) is 0 Å². The predicted octanol–water partition coefficient (Wildman–Crippen LogP) is 3.47. The fourth-order valence-electron chi connectivity index (χ4n) is 2.97. The Morgan fingerprint density at radius 3 is 2.33 bits per heavy atom. The number of carboxylic acid groups (broad SMARTS) is 1. The SMILES string of the molecule is CC(C)(C)OC(=O)C1(Cc2ccccc2F)CCN(C(=O)O)CC1. The zero-order valence-electron chi connectivity index (χ0n) is 14.3. The fraction of sp³-hybridized carbons (Fsp3) is 0.556. The number of carbonyl (C=O) groups excluding carboxylic acids is 1. The summed E-state index contributed by atoms with van der Waals surface area (Å²) < 4.78 is 19.6. The van der Waals surface area contributed by atoms with Crippen molar-refractivity contribution in [3.8, 4) is 0 Å². The van der Waals surface area contributed by atoms with Gasteiger partial charge in [-0.05, 0) is 51.7 Å². The third kappa shape index (κ3) is 4.24. The number of nitrogens with zero attached hydrogens (tertiary/aromatic N) is 1. The van der Waals surface area contributed by atoms with E-state index in [1.165, 1.54) is 11.0 Å².